The molecule has 1 fully saturated rings. The molecule has 0 saturated carbocycles. The summed E-state index contributed by atoms with van der Waals surface area (Å²) in [6.45, 7) is 10.6. The van der Waals surface area contributed by atoms with E-state index in [2.05, 4.69) is 5.32 Å². The molecular weight excluding hydrogens is 292 g/mol. The fourth-order valence-corrected chi connectivity index (χ4v) is 2.50. The number of nitrogens with one attached hydrogen (secondary N) is 1. The molecule has 1 aromatic carbocycles. The number of hydrogen-bond acceptors (Lipinski definition) is 3. The molecule has 0 radical (unpaired) electrons. The molecule has 2 rings (SSSR count). The highest BCUT2D eigenvalue weighted by atomic mass is 16.6. The van der Waals surface area contributed by atoms with E-state index in [0.717, 1.165) is 11.3 Å². The van der Waals surface area contributed by atoms with Crippen LogP contribution in [0.2, 0.25) is 0 Å². The van der Waals surface area contributed by atoms with Gasteiger partial charge in [-0.15, -0.1) is 0 Å². The van der Waals surface area contributed by atoms with Crippen molar-refractivity contribution in [3.05, 3.63) is 29.8 Å². The first kappa shape index (κ1) is 17.3. The van der Waals surface area contributed by atoms with E-state index in [1.807, 2.05) is 58.9 Å². The Bertz CT molecular complexity index is 586. The lowest BCUT2D eigenvalue weighted by Crippen LogP contribution is -2.55. The molecule has 23 heavy (non-hydrogen) atoms. The number of likely N-dealkylation sites (tertiary alicyclic amines) is 1. The molecule has 1 heterocycles. The summed E-state index contributed by atoms with van der Waals surface area (Å²) >= 11 is 0. The summed E-state index contributed by atoms with van der Waals surface area (Å²) in [5.74, 6) is 0.0194. The zero-order valence-corrected chi connectivity index (χ0v) is 14.6. The number of aryl methyl sites for hydroxylation is 1. The second-order valence-corrected chi connectivity index (χ2v) is 7.29. The first-order valence-corrected chi connectivity index (χ1v) is 8.01. The van der Waals surface area contributed by atoms with E-state index >= 15 is 0 Å². The van der Waals surface area contributed by atoms with Gasteiger partial charge in [0, 0.05) is 30.6 Å². The summed E-state index contributed by atoms with van der Waals surface area (Å²) in [5.41, 5.74) is 1.43. The molecule has 1 saturated heterocycles. The molecular formula is C18H26N2O3. The summed E-state index contributed by atoms with van der Waals surface area (Å²) in [6, 6.07) is 7.73. The van der Waals surface area contributed by atoms with Crippen molar-refractivity contribution >= 4 is 17.7 Å². The number of ether oxygens (including phenoxy) is 1. The third kappa shape index (κ3) is 4.71. The van der Waals surface area contributed by atoms with Crippen LogP contribution < -0.4 is 5.32 Å². The van der Waals surface area contributed by atoms with Crippen molar-refractivity contribution in [2.24, 2.45) is 11.8 Å². The Labute approximate surface area is 138 Å². The van der Waals surface area contributed by atoms with Gasteiger partial charge in [-0.25, -0.2) is 4.79 Å². The van der Waals surface area contributed by atoms with Crippen LogP contribution in [-0.4, -0.2) is 35.6 Å². The topological polar surface area (TPSA) is 58.6 Å². The molecule has 1 aliphatic heterocycles. The van der Waals surface area contributed by atoms with Crippen LogP contribution in [0.4, 0.5) is 10.5 Å². The van der Waals surface area contributed by atoms with Gasteiger partial charge in [0.15, 0.2) is 0 Å². The number of amides is 2. The lowest BCUT2D eigenvalue weighted by molar-refractivity contribution is -0.123. The van der Waals surface area contributed by atoms with Gasteiger partial charge in [0.2, 0.25) is 5.91 Å². The summed E-state index contributed by atoms with van der Waals surface area (Å²) < 4.78 is 5.33. The number of nitrogens with zero attached hydrogens (tertiary/aromatic N) is 1. The second-order valence-electron chi connectivity index (χ2n) is 7.29. The molecule has 0 aliphatic carbocycles. The van der Waals surface area contributed by atoms with Gasteiger partial charge < -0.3 is 15.0 Å². The fourth-order valence-electron chi connectivity index (χ4n) is 2.50. The van der Waals surface area contributed by atoms with Crippen LogP contribution in [0.15, 0.2) is 24.3 Å². The highest BCUT2D eigenvalue weighted by Crippen LogP contribution is 2.26. The van der Waals surface area contributed by atoms with Crippen LogP contribution in [0.25, 0.3) is 0 Å². The minimum absolute atomic E-state index is 0.00978. The molecule has 5 nitrogen and oxygen atoms in total. The first-order chi connectivity index (χ1) is 10.7. The van der Waals surface area contributed by atoms with Crippen molar-refractivity contribution in [3.63, 3.8) is 0 Å². The van der Waals surface area contributed by atoms with Crippen LogP contribution in [-0.2, 0) is 9.53 Å². The molecule has 1 aliphatic rings. The second kappa shape index (κ2) is 6.60. The number of carbonyl (C=O) groups excluding carboxylic acids is 2. The maximum Gasteiger partial charge on any atom is 0.410 e. The van der Waals surface area contributed by atoms with E-state index in [4.69, 9.17) is 4.74 Å². The Morgan fingerprint density at radius 1 is 1.30 bits per heavy atom. The molecule has 5 heteroatoms. The minimum Gasteiger partial charge on any atom is -0.444 e. The first-order valence-electron chi connectivity index (χ1n) is 8.01. The minimum atomic E-state index is -0.490. The summed E-state index contributed by atoms with van der Waals surface area (Å²) in [6.07, 6.45) is -0.306. The van der Waals surface area contributed by atoms with Crippen LogP contribution in [0, 0.1) is 18.8 Å². The zero-order chi connectivity index (χ0) is 17.2. The van der Waals surface area contributed by atoms with Gasteiger partial charge in [0.05, 0.1) is 0 Å². The highest BCUT2D eigenvalue weighted by molar-refractivity contribution is 5.92. The van der Waals surface area contributed by atoms with E-state index in [0.29, 0.717) is 13.1 Å². The summed E-state index contributed by atoms with van der Waals surface area (Å²) in [7, 11) is 0. The molecule has 1 atom stereocenters. The Morgan fingerprint density at radius 3 is 2.52 bits per heavy atom. The Hall–Kier alpha value is -2.04. The van der Waals surface area contributed by atoms with Crippen molar-refractivity contribution in [1.29, 1.82) is 0 Å². The van der Waals surface area contributed by atoms with Crippen molar-refractivity contribution in [2.45, 2.75) is 40.2 Å². The largest absolute Gasteiger partial charge is 0.444 e. The van der Waals surface area contributed by atoms with Gasteiger partial charge in [-0.05, 0) is 45.4 Å². The smallest absolute Gasteiger partial charge is 0.410 e. The maximum atomic E-state index is 12.3. The van der Waals surface area contributed by atoms with Gasteiger partial charge in [-0.2, -0.15) is 0 Å². The monoisotopic (exact) mass is 318 g/mol. The summed E-state index contributed by atoms with van der Waals surface area (Å²) in [4.78, 5) is 25.9. The quantitative estimate of drug-likeness (QED) is 0.929. The zero-order valence-electron chi connectivity index (χ0n) is 14.6. The molecule has 2 amide bonds. The predicted octanol–water partition coefficient (Wildman–Crippen LogP) is 3.44. The normalized spacial score (nSPS) is 16.5. The SMILES string of the molecule is Cc1cccc(NC(=O)[C@@H](C)C2CN(C(=O)OC(C)(C)C)C2)c1. The molecule has 0 unspecified atom stereocenters. The summed E-state index contributed by atoms with van der Waals surface area (Å²) in [5, 5.41) is 2.94. The van der Waals surface area contributed by atoms with Gasteiger partial charge in [-0.3, -0.25) is 4.79 Å². The van der Waals surface area contributed by atoms with Crippen molar-refractivity contribution in [1.82, 2.24) is 4.90 Å². The average molecular weight is 318 g/mol. The number of benzene rings is 1. The van der Waals surface area contributed by atoms with Crippen LogP contribution in [0.1, 0.15) is 33.3 Å². The third-order valence-corrected chi connectivity index (χ3v) is 3.97. The number of anilines is 1. The van der Waals surface area contributed by atoms with E-state index in [-0.39, 0.29) is 23.8 Å². The molecule has 1 aromatic rings. The number of rotatable bonds is 3. The maximum absolute atomic E-state index is 12.3. The lowest BCUT2D eigenvalue weighted by Gasteiger charge is -2.42. The van der Waals surface area contributed by atoms with E-state index in [1.54, 1.807) is 4.90 Å². The lowest BCUT2D eigenvalue weighted by atomic mass is 9.86. The van der Waals surface area contributed by atoms with Gasteiger partial charge >= 0.3 is 6.09 Å². The van der Waals surface area contributed by atoms with Gasteiger partial charge in [-0.1, -0.05) is 19.1 Å². The van der Waals surface area contributed by atoms with Crippen LogP contribution in [0.3, 0.4) is 0 Å². The van der Waals surface area contributed by atoms with E-state index < -0.39 is 5.60 Å². The van der Waals surface area contributed by atoms with Crippen molar-refractivity contribution < 1.29 is 14.3 Å². The Morgan fingerprint density at radius 2 is 1.96 bits per heavy atom. The van der Waals surface area contributed by atoms with Crippen LogP contribution in [0.5, 0.6) is 0 Å². The average Bonchev–Trinajstić information content (AvgIpc) is 2.34. The van der Waals surface area contributed by atoms with Crippen molar-refractivity contribution in [2.75, 3.05) is 18.4 Å². The van der Waals surface area contributed by atoms with Crippen molar-refractivity contribution in [3.8, 4) is 0 Å². The Balaban J connectivity index is 1.82. The standard InChI is InChI=1S/C18H26N2O3/c1-12-7-6-8-15(9-12)19-16(21)13(2)14-10-20(11-14)17(22)23-18(3,4)5/h6-9,13-14H,10-11H2,1-5H3,(H,19,21)/t13-/m0/s1. The van der Waals surface area contributed by atoms with Gasteiger partial charge in [0.25, 0.3) is 0 Å². The highest BCUT2D eigenvalue weighted by Gasteiger charge is 2.38. The predicted molar refractivity (Wildman–Crippen MR) is 90.3 cm³/mol. The van der Waals surface area contributed by atoms with E-state index in [1.165, 1.54) is 0 Å². The fraction of sp³-hybridized carbons (Fsp3) is 0.556. The molecule has 0 aromatic heterocycles. The molecule has 0 bridgehead atoms. The van der Waals surface area contributed by atoms with Crippen LogP contribution >= 0.6 is 0 Å². The van der Waals surface area contributed by atoms with E-state index in [9.17, 15) is 9.59 Å². The molecule has 0 spiro atoms. The number of carbonyl (C=O) groups is 2. The molecule has 126 valence electrons. The number of hydrogen-bond donors (Lipinski definition) is 1. The Kier molecular flexibility index (Phi) is 4.97. The third-order valence-electron chi connectivity index (χ3n) is 3.97. The van der Waals surface area contributed by atoms with Gasteiger partial charge in [0.1, 0.15) is 5.60 Å². The molecule has 1 N–H and O–H groups in total.